The molecule has 0 spiro atoms. The Balaban J connectivity index is 1.68. The Hall–Kier alpha value is -0.300. The Morgan fingerprint density at radius 1 is 1.22 bits per heavy atom. The Labute approximate surface area is 111 Å². The predicted molar refractivity (Wildman–Crippen MR) is 73.2 cm³/mol. The summed E-state index contributed by atoms with van der Waals surface area (Å²) >= 11 is 0. The second-order valence-corrected chi connectivity index (χ2v) is 8.53. The molecule has 5 rings (SSSR count). The molecule has 4 fully saturated rings. The minimum Gasteiger partial charge on any atom is -0.372 e. The summed E-state index contributed by atoms with van der Waals surface area (Å²) in [5.74, 6) is 4.69. The number of ether oxygens (including phenoxy) is 1. The Morgan fingerprint density at radius 2 is 1.94 bits per heavy atom. The highest BCUT2D eigenvalue weighted by molar-refractivity contribution is 5.33. The van der Waals surface area contributed by atoms with Gasteiger partial charge in [-0.25, -0.2) is 0 Å². The van der Waals surface area contributed by atoms with Crippen LogP contribution in [0.5, 0.6) is 0 Å². The van der Waals surface area contributed by atoms with E-state index in [9.17, 15) is 0 Å². The molecule has 0 amide bonds. The summed E-state index contributed by atoms with van der Waals surface area (Å²) in [5, 5.41) is 0. The van der Waals surface area contributed by atoms with Gasteiger partial charge in [0.2, 0.25) is 0 Å². The van der Waals surface area contributed by atoms with Gasteiger partial charge in [0, 0.05) is 0 Å². The van der Waals surface area contributed by atoms with Gasteiger partial charge in [0.1, 0.15) is 0 Å². The van der Waals surface area contributed by atoms with E-state index in [0.717, 1.165) is 29.6 Å². The minimum atomic E-state index is 0.0251. The van der Waals surface area contributed by atoms with Crippen molar-refractivity contribution in [2.75, 3.05) is 0 Å². The van der Waals surface area contributed by atoms with E-state index >= 15 is 0 Å². The van der Waals surface area contributed by atoms with E-state index in [1.807, 2.05) is 0 Å². The van der Waals surface area contributed by atoms with E-state index in [0.29, 0.717) is 11.5 Å². The maximum absolute atomic E-state index is 6.48. The fourth-order valence-electron chi connectivity index (χ4n) is 5.97. The van der Waals surface area contributed by atoms with Gasteiger partial charge in [-0.3, -0.25) is 0 Å². The zero-order valence-electron chi connectivity index (χ0n) is 12.4. The number of rotatable bonds is 1. The van der Waals surface area contributed by atoms with Crippen LogP contribution in [0.15, 0.2) is 11.6 Å². The van der Waals surface area contributed by atoms with Crippen molar-refractivity contribution in [2.45, 2.75) is 59.2 Å². The van der Waals surface area contributed by atoms with Crippen LogP contribution in [0.25, 0.3) is 0 Å². The molecule has 0 unspecified atom stereocenters. The van der Waals surface area contributed by atoms with Crippen molar-refractivity contribution < 1.29 is 4.74 Å². The van der Waals surface area contributed by atoms with Crippen LogP contribution in [0.2, 0.25) is 0 Å². The second kappa shape index (κ2) is 3.06. The Bertz CT molecular complexity index is 429. The molecule has 0 radical (unpaired) electrons. The monoisotopic (exact) mass is 246 g/mol. The van der Waals surface area contributed by atoms with Gasteiger partial charge in [-0.05, 0) is 75.5 Å². The average molecular weight is 246 g/mol. The predicted octanol–water partition coefficient (Wildman–Crippen LogP) is 4.04. The molecule has 0 aromatic rings. The van der Waals surface area contributed by atoms with Crippen molar-refractivity contribution in [3.8, 4) is 0 Å². The first kappa shape index (κ1) is 11.5. The first-order valence-electron chi connectivity index (χ1n) is 7.66. The standard InChI is InChI=1S/C17H26O/c1-9-6-7-17(5)13-10(8-9)11-12(14(11)17)15(13)18-16(2,3)4/h6,10-15H,7-8H2,1-5H3/t10-,11+,12-,13-,14+,15+,17-/m1/s1. The number of allylic oxidation sites excluding steroid dienone is 2. The molecule has 18 heavy (non-hydrogen) atoms. The van der Waals surface area contributed by atoms with Gasteiger partial charge in [-0.1, -0.05) is 18.6 Å². The van der Waals surface area contributed by atoms with E-state index < -0.39 is 0 Å². The van der Waals surface area contributed by atoms with Gasteiger partial charge in [0.15, 0.2) is 0 Å². The second-order valence-electron chi connectivity index (χ2n) is 8.53. The number of hydrogen-bond donors (Lipinski definition) is 0. The summed E-state index contributed by atoms with van der Waals surface area (Å²) in [6, 6.07) is 0. The zero-order chi connectivity index (χ0) is 12.9. The van der Waals surface area contributed by atoms with E-state index in [2.05, 4.69) is 40.7 Å². The van der Waals surface area contributed by atoms with E-state index in [-0.39, 0.29) is 5.60 Å². The molecule has 6 bridgehead atoms. The molecule has 0 aromatic carbocycles. The lowest BCUT2D eigenvalue weighted by atomic mass is 9.75. The summed E-state index contributed by atoms with van der Waals surface area (Å²) in [5.41, 5.74) is 2.22. The van der Waals surface area contributed by atoms with Crippen molar-refractivity contribution in [2.24, 2.45) is 35.0 Å². The molecule has 0 aliphatic heterocycles. The highest BCUT2D eigenvalue weighted by Gasteiger charge is 2.82. The van der Waals surface area contributed by atoms with Crippen molar-refractivity contribution in [1.29, 1.82) is 0 Å². The van der Waals surface area contributed by atoms with E-state index in [1.54, 1.807) is 5.57 Å². The molecular formula is C17H26O. The molecule has 0 heterocycles. The highest BCUT2D eigenvalue weighted by Crippen LogP contribution is 2.83. The molecule has 100 valence electrons. The van der Waals surface area contributed by atoms with Crippen LogP contribution < -0.4 is 0 Å². The van der Waals surface area contributed by atoms with Crippen LogP contribution in [0, 0.1) is 35.0 Å². The lowest BCUT2D eigenvalue weighted by Gasteiger charge is -2.34. The van der Waals surface area contributed by atoms with Crippen molar-refractivity contribution in [3.63, 3.8) is 0 Å². The molecule has 7 atom stereocenters. The number of hydrogen-bond acceptors (Lipinski definition) is 1. The topological polar surface area (TPSA) is 9.23 Å². The lowest BCUT2D eigenvalue weighted by molar-refractivity contribution is -0.0893. The van der Waals surface area contributed by atoms with Gasteiger partial charge < -0.3 is 4.74 Å². The highest BCUT2D eigenvalue weighted by atomic mass is 16.5. The summed E-state index contributed by atoms with van der Waals surface area (Å²) in [6.45, 7) is 11.5. The average Bonchev–Trinajstić information content (AvgIpc) is 2.78. The molecule has 5 aliphatic rings. The van der Waals surface area contributed by atoms with Gasteiger partial charge >= 0.3 is 0 Å². The molecule has 5 aliphatic carbocycles. The van der Waals surface area contributed by atoms with Crippen molar-refractivity contribution in [3.05, 3.63) is 11.6 Å². The third-order valence-corrected chi connectivity index (χ3v) is 6.28. The maximum Gasteiger partial charge on any atom is 0.0652 e. The lowest BCUT2D eigenvalue weighted by Crippen LogP contribution is -2.35. The van der Waals surface area contributed by atoms with Crippen LogP contribution in [0.1, 0.15) is 47.5 Å². The molecule has 0 N–H and O–H groups in total. The fraction of sp³-hybridized carbons (Fsp3) is 0.882. The van der Waals surface area contributed by atoms with Crippen molar-refractivity contribution >= 4 is 0 Å². The SMILES string of the molecule is CC1=CC[C@@]2(C)[C@@H]3[C@@H]4[C@H](OC(C)(C)C)[C@H]2[C@H](C1)[C@@H]43. The summed E-state index contributed by atoms with van der Waals surface area (Å²) in [7, 11) is 0. The molecule has 4 saturated carbocycles. The van der Waals surface area contributed by atoms with Crippen LogP contribution in [0.3, 0.4) is 0 Å². The normalized spacial score (nSPS) is 56.4. The smallest absolute Gasteiger partial charge is 0.0652 e. The molecule has 0 aromatic heterocycles. The van der Waals surface area contributed by atoms with Gasteiger partial charge in [-0.15, -0.1) is 0 Å². The van der Waals surface area contributed by atoms with Crippen LogP contribution >= 0.6 is 0 Å². The van der Waals surface area contributed by atoms with Crippen LogP contribution in [0.4, 0.5) is 0 Å². The molecule has 0 saturated heterocycles. The summed E-state index contributed by atoms with van der Waals surface area (Å²) in [6.07, 6.45) is 5.75. The minimum absolute atomic E-state index is 0.0251. The summed E-state index contributed by atoms with van der Waals surface area (Å²) in [4.78, 5) is 0. The third kappa shape index (κ3) is 1.22. The molecular weight excluding hydrogens is 220 g/mol. The third-order valence-electron chi connectivity index (χ3n) is 6.28. The van der Waals surface area contributed by atoms with Crippen LogP contribution in [-0.4, -0.2) is 11.7 Å². The Morgan fingerprint density at radius 3 is 2.61 bits per heavy atom. The molecule has 1 heteroatoms. The van der Waals surface area contributed by atoms with Gasteiger partial charge in [0.05, 0.1) is 11.7 Å². The maximum atomic E-state index is 6.48. The summed E-state index contributed by atoms with van der Waals surface area (Å²) < 4.78 is 6.48. The first-order valence-corrected chi connectivity index (χ1v) is 7.66. The van der Waals surface area contributed by atoms with E-state index in [1.165, 1.54) is 12.8 Å². The fourth-order valence-corrected chi connectivity index (χ4v) is 5.97. The zero-order valence-corrected chi connectivity index (χ0v) is 12.4. The van der Waals surface area contributed by atoms with Crippen molar-refractivity contribution in [1.82, 2.24) is 0 Å². The Kier molecular flexibility index (Phi) is 1.96. The van der Waals surface area contributed by atoms with E-state index in [4.69, 9.17) is 4.74 Å². The van der Waals surface area contributed by atoms with Gasteiger partial charge in [-0.2, -0.15) is 0 Å². The first-order chi connectivity index (χ1) is 8.33. The van der Waals surface area contributed by atoms with Crippen LogP contribution in [-0.2, 0) is 4.74 Å². The largest absolute Gasteiger partial charge is 0.372 e. The molecule has 1 nitrogen and oxygen atoms in total. The quantitative estimate of drug-likeness (QED) is 0.635. The van der Waals surface area contributed by atoms with Gasteiger partial charge in [0.25, 0.3) is 0 Å².